The summed E-state index contributed by atoms with van der Waals surface area (Å²) < 4.78 is 55.0. The van der Waals surface area contributed by atoms with Crippen LogP contribution in [0.1, 0.15) is 37.9 Å². The van der Waals surface area contributed by atoms with E-state index >= 15 is 4.39 Å². The van der Waals surface area contributed by atoms with Gasteiger partial charge in [-0.2, -0.15) is 23.1 Å². The van der Waals surface area contributed by atoms with Crippen molar-refractivity contribution in [3.63, 3.8) is 0 Å². The Bertz CT molecular complexity index is 1880. The van der Waals surface area contributed by atoms with Crippen molar-refractivity contribution in [2.45, 2.75) is 19.3 Å². The molecule has 0 saturated heterocycles. The third kappa shape index (κ3) is 6.96. The fourth-order valence-electron chi connectivity index (χ4n) is 3.91. The van der Waals surface area contributed by atoms with Crippen molar-refractivity contribution in [1.82, 2.24) is 40.3 Å². The molecule has 5 rings (SSSR count). The Morgan fingerprint density at radius 2 is 1.73 bits per heavy atom. The van der Waals surface area contributed by atoms with Gasteiger partial charge in [-0.1, -0.05) is 46.9 Å². The van der Waals surface area contributed by atoms with Crippen LogP contribution < -0.4 is 10.6 Å². The second kappa shape index (κ2) is 12.6. The SMILES string of the molecule is O=C(NCc1cccc(Cl)c1)c1cc(Cl)cc(F)c1NC(=O)c1cc(Cn2nnc(C(F)(F)F)n2)nn1-c1ncccc1Cl. The summed E-state index contributed by atoms with van der Waals surface area (Å²) in [4.78, 5) is 31.4. The minimum absolute atomic E-state index is 0.000870. The molecular formula is C26H16Cl3F4N9O2. The normalized spacial score (nSPS) is 11.4. The summed E-state index contributed by atoms with van der Waals surface area (Å²) in [6.07, 6.45) is -3.47. The summed E-state index contributed by atoms with van der Waals surface area (Å²) >= 11 is 18.3. The third-order valence-corrected chi connectivity index (χ3v) is 6.57. The molecule has 0 aliphatic carbocycles. The number of nitrogens with one attached hydrogen (secondary N) is 2. The van der Waals surface area contributed by atoms with Crippen molar-refractivity contribution in [1.29, 1.82) is 0 Å². The van der Waals surface area contributed by atoms with Crippen molar-refractivity contribution in [2.24, 2.45) is 0 Å². The fourth-order valence-corrected chi connectivity index (χ4v) is 4.53. The highest BCUT2D eigenvalue weighted by molar-refractivity contribution is 6.32. The molecule has 2 amide bonds. The van der Waals surface area contributed by atoms with Crippen LogP contribution in [0.3, 0.4) is 0 Å². The van der Waals surface area contributed by atoms with E-state index < -0.39 is 41.9 Å². The van der Waals surface area contributed by atoms with Gasteiger partial charge in [-0.3, -0.25) is 9.59 Å². The molecule has 11 nitrogen and oxygen atoms in total. The van der Waals surface area contributed by atoms with E-state index in [0.717, 1.165) is 10.7 Å². The van der Waals surface area contributed by atoms with Gasteiger partial charge in [0.05, 0.1) is 22.0 Å². The van der Waals surface area contributed by atoms with Gasteiger partial charge in [0.1, 0.15) is 18.1 Å². The second-order valence-corrected chi connectivity index (χ2v) is 10.2. The summed E-state index contributed by atoms with van der Waals surface area (Å²) in [6, 6.07) is 12.9. The Morgan fingerprint density at radius 1 is 0.932 bits per heavy atom. The molecule has 44 heavy (non-hydrogen) atoms. The minimum Gasteiger partial charge on any atom is -0.348 e. The van der Waals surface area contributed by atoms with Gasteiger partial charge >= 0.3 is 6.18 Å². The molecule has 0 radical (unpaired) electrons. The van der Waals surface area contributed by atoms with Crippen LogP contribution in [0.25, 0.3) is 5.82 Å². The maximum Gasteiger partial charge on any atom is 0.455 e. The molecular weight excluding hydrogens is 653 g/mol. The van der Waals surface area contributed by atoms with E-state index in [1.54, 1.807) is 24.3 Å². The first-order chi connectivity index (χ1) is 20.9. The Kier molecular flexibility index (Phi) is 8.80. The van der Waals surface area contributed by atoms with Crippen LogP contribution in [-0.2, 0) is 19.3 Å². The number of alkyl halides is 3. The van der Waals surface area contributed by atoms with Gasteiger partial charge in [0, 0.05) is 22.8 Å². The largest absolute Gasteiger partial charge is 0.455 e. The molecule has 0 aliphatic rings. The number of nitrogens with zero attached hydrogens (tertiary/aromatic N) is 7. The fraction of sp³-hybridized carbons (Fsp3) is 0.115. The number of amides is 2. The van der Waals surface area contributed by atoms with Crippen molar-refractivity contribution in [2.75, 3.05) is 5.32 Å². The topological polar surface area (TPSA) is 133 Å². The van der Waals surface area contributed by atoms with Gasteiger partial charge in [-0.15, -0.1) is 10.2 Å². The summed E-state index contributed by atoms with van der Waals surface area (Å²) in [6.45, 7) is -0.408. The van der Waals surface area contributed by atoms with E-state index in [1.165, 1.54) is 30.5 Å². The van der Waals surface area contributed by atoms with Crippen molar-refractivity contribution in [3.8, 4) is 5.82 Å². The molecule has 3 aromatic heterocycles. The Balaban J connectivity index is 1.47. The summed E-state index contributed by atoms with van der Waals surface area (Å²) in [5, 5.41) is 19.2. The van der Waals surface area contributed by atoms with Crippen molar-refractivity contribution < 1.29 is 27.2 Å². The van der Waals surface area contributed by atoms with E-state index in [1.807, 2.05) is 0 Å². The number of benzene rings is 2. The smallest absolute Gasteiger partial charge is 0.348 e. The maximum absolute atomic E-state index is 15.2. The highest BCUT2D eigenvalue weighted by atomic mass is 35.5. The molecule has 226 valence electrons. The number of halogens is 7. The molecule has 3 heterocycles. The first kappa shape index (κ1) is 30.8. The Hall–Kier alpha value is -4.60. The lowest BCUT2D eigenvalue weighted by Gasteiger charge is -2.14. The number of carbonyl (C=O) groups excluding carboxylic acids is 2. The molecule has 0 unspecified atom stereocenters. The number of aromatic nitrogens is 7. The standard InChI is InChI=1S/C26H16Cl3F4N9O2/c27-14-4-1-3-13(7-14)11-35-23(43)17-8-15(28)9-19(30)21(17)36-24(44)20-10-16(12-41-39-25(37-40-41)26(31,32)33)38-42(20)22-18(29)5-2-6-34-22/h1-10H,11-12H2,(H,35,43)(H,36,44). The van der Waals surface area contributed by atoms with Crippen LogP contribution in [0, 0.1) is 5.82 Å². The van der Waals surface area contributed by atoms with Crippen LogP contribution in [0.4, 0.5) is 23.2 Å². The number of anilines is 1. The quantitative estimate of drug-likeness (QED) is 0.206. The maximum atomic E-state index is 15.2. The molecule has 2 aromatic carbocycles. The number of hydrogen-bond acceptors (Lipinski definition) is 7. The molecule has 18 heteroatoms. The van der Waals surface area contributed by atoms with Crippen molar-refractivity contribution >= 4 is 52.3 Å². The summed E-state index contributed by atoms with van der Waals surface area (Å²) in [5.41, 5.74) is -0.404. The molecule has 0 aliphatic heterocycles. The van der Waals surface area contributed by atoms with Crippen LogP contribution in [0.15, 0.2) is 60.8 Å². The van der Waals surface area contributed by atoms with Crippen LogP contribution >= 0.6 is 34.8 Å². The van der Waals surface area contributed by atoms with Gasteiger partial charge in [0.15, 0.2) is 5.82 Å². The molecule has 5 aromatic rings. The van der Waals surface area contributed by atoms with Crippen LogP contribution in [0.5, 0.6) is 0 Å². The molecule has 0 fully saturated rings. The number of rotatable bonds is 8. The lowest BCUT2D eigenvalue weighted by Crippen LogP contribution is -2.26. The predicted molar refractivity (Wildman–Crippen MR) is 150 cm³/mol. The van der Waals surface area contributed by atoms with E-state index in [4.69, 9.17) is 34.8 Å². The molecule has 0 saturated carbocycles. The van der Waals surface area contributed by atoms with Crippen molar-refractivity contribution in [3.05, 3.63) is 110 Å². The first-order valence-corrected chi connectivity index (χ1v) is 13.4. The monoisotopic (exact) mass is 667 g/mol. The highest BCUT2D eigenvalue weighted by Crippen LogP contribution is 2.28. The van der Waals surface area contributed by atoms with Gasteiger partial charge in [0.2, 0.25) is 0 Å². The number of hydrogen-bond donors (Lipinski definition) is 2. The van der Waals surface area contributed by atoms with Gasteiger partial charge in [0.25, 0.3) is 17.6 Å². The Labute approximate surface area is 259 Å². The average Bonchev–Trinajstić information content (AvgIpc) is 3.61. The number of carbonyl (C=O) groups is 2. The lowest BCUT2D eigenvalue weighted by atomic mass is 10.1. The number of tetrazole rings is 1. The van der Waals surface area contributed by atoms with Gasteiger partial charge in [-0.05, 0) is 53.2 Å². The zero-order valence-corrected chi connectivity index (χ0v) is 24.0. The zero-order chi connectivity index (χ0) is 31.6. The second-order valence-electron chi connectivity index (χ2n) is 8.96. The third-order valence-electron chi connectivity index (χ3n) is 5.82. The Morgan fingerprint density at radius 3 is 2.43 bits per heavy atom. The van der Waals surface area contributed by atoms with E-state index in [0.29, 0.717) is 15.4 Å². The number of pyridine rings is 1. The zero-order valence-electron chi connectivity index (χ0n) is 21.8. The molecule has 0 spiro atoms. The van der Waals surface area contributed by atoms with E-state index in [9.17, 15) is 22.8 Å². The summed E-state index contributed by atoms with van der Waals surface area (Å²) in [5.74, 6) is -4.25. The van der Waals surface area contributed by atoms with Gasteiger partial charge in [-0.25, -0.2) is 14.1 Å². The lowest BCUT2D eigenvalue weighted by molar-refractivity contribution is -0.145. The summed E-state index contributed by atoms with van der Waals surface area (Å²) in [7, 11) is 0. The molecule has 2 N–H and O–H groups in total. The van der Waals surface area contributed by atoms with Crippen LogP contribution in [0.2, 0.25) is 15.1 Å². The van der Waals surface area contributed by atoms with E-state index in [2.05, 4.69) is 36.1 Å². The highest BCUT2D eigenvalue weighted by Gasteiger charge is 2.37. The molecule has 0 atom stereocenters. The van der Waals surface area contributed by atoms with Crippen LogP contribution in [-0.4, -0.2) is 46.8 Å². The average molecular weight is 669 g/mol. The predicted octanol–water partition coefficient (Wildman–Crippen LogP) is 5.60. The first-order valence-electron chi connectivity index (χ1n) is 12.3. The van der Waals surface area contributed by atoms with E-state index in [-0.39, 0.29) is 39.4 Å². The minimum atomic E-state index is -4.83. The van der Waals surface area contributed by atoms with Gasteiger partial charge < -0.3 is 10.6 Å². The molecule has 0 bridgehead atoms.